The van der Waals surface area contributed by atoms with Crippen LogP contribution in [0.4, 0.5) is 0 Å². The molecule has 58 valence electrons. The molecule has 0 saturated heterocycles. The zero-order valence-corrected chi connectivity index (χ0v) is 5.84. The monoisotopic (exact) mass is 186 g/mol. The molecular formula is C7H8AlClO2. The molecule has 1 rings (SSSR count). The van der Waals surface area contributed by atoms with Gasteiger partial charge in [-0.25, -0.2) is 4.79 Å². The number of benzene rings is 1. The minimum absolute atomic E-state index is 0. The predicted octanol–water partition coefficient (Wildman–Crippen LogP) is 0.813. The zero-order valence-electron chi connectivity index (χ0n) is 5.08. The molecular weight excluding hydrogens is 179 g/mol. The van der Waals surface area contributed by atoms with Crippen molar-refractivity contribution >= 4 is 35.2 Å². The largest absolute Gasteiger partial charge is 0.356 e. The molecule has 0 aliphatic rings. The molecule has 0 amide bonds. The highest BCUT2D eigenvalue weighted by atomic mass is 35.5. The van der Waals surface area contributed by atoms with E-state index in [2.05, 4.69) is 4.29 Å². The van der Waals surface area contributed by atoms with Gasteiger partial charge < -0.3 is 4.29 Å². The van der Waals surface area contributed by atoms with Crippen LogP contribution in [0, 0.1) is 0 Å². The molecule has 0 N–H and O–H groups in total. The topological polar surface area (TPSA) is 26.3 Å². The Bertz CT molecular complexity index is 225. The van der Waals surface area contributed by atoms with Crippen LogP contribution in [0.2, 0.25) is 0 Å². The first kappa shape index (κ1) is 10.5. The van der Waals surface area contributed by atoms with E-state index in [9.17, 15) is 4.79 Å². The number of halogens is 1. The molecule has 0 saturated carbocycles. The average Bonchev–Trinajstić information content (AvgIpc) is 2.05. The van der Waals surface area contributed by atoms with Crippen molar-refractivity contribution in [3.8, 4) is 0 Å². The first-order valence-corrected chi connectivity index (χ1v) is 3.03. The van der Waals surface area contributed by atoms with E-state index in [1.54, 1.807) is 24.3 Å². The molecule has 1 aromatic rings. The van der Waals surface area contributed by atoms with E-state index in [1.165, 1.54) is 0 Å². The van der Waals surface area contributed by atoms with Crippen LogP contribution in [0.25, 0.3) is 0 Å². The van der Waals surface area contributed by atoms with E-state index < -0.39 is 5.97 Å². The summed E-state index contributed by atoms with van der Waals surface area (Å²) in [7, 11) is 0. The second-order valence-electron chi connectivity index (χ2n) is 1.73. The summed E-state index contributed by atoms with van der Waals surface area (Å²) < 4.78 is 3.97. The quantitative estimate of drug-likeness (QED) is 0.607. The van der Waals surface area contributed by atoms with Crippen molar-refractivity contribution in [1.82, 2.24) is 0 Å². The number of carbonyl (C=O) groups excluding carboxylic acids is 1. The van der Waals surface area contributed by atoms with E-state index in [0.717, 1.165) is 0 Å². The van der Waals surface area contributed by atoms with Crippen molar-refractivity contribution in [3.05, 3.63) is 35.9 Å². The van der Waals surface area contributed by atoms with Gasteiger partial charge in [0.05, 0.1) is 5.56 Å². The first-order valence-electron chi connectivity index (χ1n) is 2.72. The van der Waals surface area contributed by atoms with Gasteiger partial charge in [-0.05, 0) is 12.1 Å². The second-order valence-corrected chi connectivity index (χ2v) is 1.88. The van der Waals surface area contributed by atoms with Crippen molar-refractivity contribution in [2.24, 2.45) is 0 Å². The molecule has 0 radical (unpaired) electrons. The van der Waals surface area contributed by atoms with Gasteiger partial charge in [0.25, 0.3) is 0 Å². The van der Waals surface area contributed by atoms with Crippen molar-refractivity contribution in [2.45, 2.75) is 0 Å². The molecule has 0 fully saturated rings. The molecule has 0 bridgehead atoms. The van der Waals surface area contributed by atoms with Gasteiger partial charge in [-0.3, -0.25) is 0 Å². The molecule has 0 atom stereocenters. The Labute approximate surface area is 80.4 Å². The van der Waals surface area contributed by atoms with Crippen molar-refractivity contribution < 1.29 is 9.08 Å². The van der Waals surface area contributed by atoms with Crippen molar-refractivity contribution in [3.63, 3.8) is 0 Å². The van der Waals surface area contributed by atoms with Gasteiger partial charge >= 0.3 is 5.97 Å². The smallest absolute Gasteiger partial charge is 0.343 e. The molecule has 2 nitrogen and oxygen atoms in total. The maximum Gasteiger partial charge on any atom is 0.356 e. The predicted molar refractivity (Wildman–Crippen MR) is 47.6 cm³/mol. The van der Waals surface area contributed by atoms with Gasteiger partial charge in [-0.1, -0.05) is 18.2 Å². The van der Waals surface area contributed by atoms with Crippen LogP contribution in [0.15, 0.2) is 30.3 Å². The maximum atomic E-state index is 10.7. The van der Waals surface area contributed by atoms with Crippen LogP contribution in [0.5, 0.6) is 0 Å². The van der Waals surface area contributed by atoms with E-state index in [1.807, 2.05) is 6.07 Å². The van der Waals surface area contributed by atoms with Crippen LogP contribution in [0.1, 0.15) is 10.4 Å². The van der Waals surface area contributed by atoms with Gasteiger partial charge in [-0.2, -0.15) is 0 Å². The van der Waals surface area contributed by atoms with Gasteiger partial charge in [0, 0.05) is 0 Å². The third-order valence-corrected chi connectivity index (χ3v) is 1.22. The maximum absolute atomic E-state index is 10.7. The lowest BCUT2D eigenvalue weighted by Crippen LogP contribution is -1.96. The molecule has 0 heterocycles. The van der Waals surface area contributed by atoms with Crippen LogP contribution >= 0.6 is 11.9 Å². The third-order valence-electron chi connectivity index (χ3n) is 1.08. The highest BCUT2D eigenvalue weighted by Crippen LogP contribution is 2.01. The summed E-state index contributed by atoms with van der Waals surface area (Å²) in [6.07, 6.45) is 0. The summed E-state index contributed by atoms with van der Waals surface area (Å²) in [6.45, 7) is 0. The van der Waals surface area contributed by atoms with E-state index in [0.29, 0.717) is 5.56 Å². The minimum Gasteiger partial charge on any atom is -0.343 e. The fraction of sp³-hybridized carbons (Fsp3) is 0. The molecule has 0 aliphatic heterocycles. The highest BCUT2D eigenvalue weighted by molar-refractivity contribution is 6.15. The van der Waals surface area contributed by atoms with E-state index in [-0.39, 0.29) is 17.4 Å². The average molecular weight is 187 g/mol. The van der Waals surface area contributed by atoms with Crippen molar-refractivity contribution in [1.29, 1.82) is 0 Å². The number of hydrogen-bond acceptors (Lipinski definition) is 2. The summed E-state index contributed by atoms with van der Waals surface area (Å²) >= 11 is 4.84. The fourth-order valence-electron chi connectivity index (χ4n) is 0.619. The van der Waals surface area contributed by atoms with Crippen molar-refractivity contribution in [2.75, 3.05) is 0 Å². The number of hydrogen-bond donors (Lipinski definition) is 0. The fourth-order valence-corrected chi connectivity index (χ4v) is 0.708. The number of carbonyl (C=O) groups is 1. The Hall–Kier alpha value is -0.488. The lowest BCUT2D eigenvalue weighted by molar-refractivity contribution is 0.0751. The lowest BCUT2D eigenvalue weighted by atomic mass is 10.2. The Morgan fingerprint density at radius 2 is 1.82 bits per heavy atom. The summed E-state index contributed by atoms with van der Waals surface area (Å²) in [5, 5.41) is 0. The SMILES string of the molecule is O=C(OCl)c1ccccc1.[AlH3]. The Kier molecular flexibility index (Phi) is 4.97. The molecule has 0 spiro atoms. The van der Waals surface area contributed by atoms with Crippen LogP contribution < -0.4 is 0 Å². The minimum atomic E-state index is -0.526. The van der Waals surface area contributed by atoms with Gasteiger partial charge in [0.2, 0.25) is 0 Å². The summed E-state index contributed by atoms with van der Waals surface area (Å²) in [4.78, 5) is 10.7. The molecule has 0 aliphatic carbocycles. The Morgan fingerprint density at radius 1 is 1.27 bits per heavy atom. The number of rotatable bonds is 1. The molecule has 0 unspecified atom stereocenters. The summed E-state index contributed by atoms with van der Waals surface area (Å²) in [5.41, 5.74) is 0.456. The Morgan fingerprint density at radius 3 is 2.27 bits per heavy atom. The Balaban J connectivity index is 0.000001000. The van der Waals surface area contributed by atoms with Crippen LogP contribution in [-0.2, 0) is 4.29 Å². The first-order chi connectivity index (χ1) is 4.84. The molecule has 4 heteroatoms. The molecule has 0 aromatic heterocycles. The summed E-state index contributed by atoms with van der Waals surface area (Å²) in [6, 6.07) is 8.55. The molecule has 1 aromatic carbocycles. The normalized spacial score (nSPS) is 8.09. The van der Waals surface area contributed by atoms with E-state index >= 15 is 0 Å². The zero-order chi connectivity index (χ0) is 7.40. The van der Waals surface area contributed by atoms with Crippen LogP contribution in [0.3, 0.4) is 0 Å². The third kappa shape index (κ3) is 2.94. The van der Waals surface area contributed by atoms with Crippen LogP contribution in [-0.4, -0.2) is 23.3 Å². The lowest BCUT2D eigenvalue weighted by Gasteiger charge is -1.92. The van der Waals surface area contributed by atoms with Gasteiger partial charge in [-0.15, -0.1) is 0 Å². The standard InChI is InChI=1S/C7H5ClO2.Al.3H/c8-10-7(9)6-4-2-1-3-5-6;;;;/h1-5H;;;;. The van der Waals surface area contributed by atoms with Gasteiger partial charge in [0.1, 0.15) is 11.9 Å². The van der Waals surface area contributed by atoms with Gasteiger partial charge in [0.15, 0.2) is 17.4 Å². The second kappa shape index (κ2) is 5.20. The van der Waals surface area contributed by atoms with E-state index in [4.69, 9.17) is 11.9 Å². The highest BCUT2D eigenvalue weighted by Gasteiger charge is 2.02. The summed E-state index contributed by atoms with van der Waals surface area (Å²) in [5.74, 6) is -0.526. The molecule has 11 heavy (non-hydrogen) atoms.